The minimum Gasteiger partial charge on any atom is -0.497 e. The summed E-state index contributed by atoms with van der Waals surface area (Å²) in [6.07, 6.45) is -0.142. The van der Waals surface area contributed by atoms with E-state index < -0.39 is 18.0 Å². The highest BCUT2D eigenvalue weighted by atomic mass is 16.5. The van der Waals surface area contributed by atoms with Crippen molar-refractivity contribution in [2.75, 3.05) is 21.3 Å². The molecule has 9 nitrogen and oxygen atoms in total. The summed E-state index contributed by atoms with van der Waals surface area (Å²) in [6, 6.07) is 11.0. The van der Waals surface area contributed by atoms with Crippen molar-refractivity contribution >= 4 is 17.8 Å². The lowest BCUT2D eigenvalue weighted by Gasteiger charge is -2.14. The molecule has 0 spiro atoms. The first-order valence-corrected chi connectivity index (χ1v) is 9.67. The number of hydrogen-bond acceptors (Lipinski definition) is 6. The maximum Gasteiger partial charge on any atom is 0.325 e. The highest BCUT2D eigenvalue weighted by Gasteiger charge is 2.38. The molecule has 9 heteroatoms. The van der Waals surface area contributed by atoms with Gasteiger partial charge in [0.1, 0.15) is 11.8 Å². The molecule has 0 bridgehead atoms. The van der Waals surface area contributed by atoms with Gasteiger partial charge in [-0.15, -0.1) is 0 Å². The van der Waals surface area contributed by atoms with Crippen LogP contribution < -0.4 is 24.8 Å². The number of hydrogen-bond donors (Lipinski definition) is 2. The van der Waals surface area contributed by atoms with Gasteiger partial charge >= 0.3 is 6.03 Å². The fourth-order valence-electron chi connectivity index (χ4n) is 3.23. The van der Waals surface area contributed by atoms with Gasteiger partial charge in [-0.2, -0.15) is 0 Å². The minimum atomic E-state index is -0.892. The topological polar surface area (TPSA) is 106 Å². The van der Waals surface area contributed by atoms with Crippen molar-refractivity contribution in [3.63, 3.8) is 0 Å². The van der Waals surface area contributed by atoms with E-state index in [1.165, 1.54) is 7.11 Å². The zero-order valence-corrected chi connectivity index (χ0v) is 17.6. The van der Waals surface area contributed by atoms with Crippen LogP contribution in [0.3, 0.4) is 0 Å². The number of methoxy groups -OCH3 is 3. The SMILES string of the molecule is COc1ccc(CN2C(=O)N[C@H](CC(=O)NCc3ccc(OC)c(OC)c3)C2=O)cc1. The fourth-order valence-corrected chi connectivity index (χ4v) is 3.23. The predicted octanol–water partition coefficient (Wildman–Crippen LogP) is 1.84. The average Bonchev–Trinajstić information content (AvgIpc) is 3.05. The van der Waals surface area contributed by atoms with Crippen LogP contribution in [0.1, 0.15) is 17.5 Å². The van der Waals surface area contributed by atoms with Crippen LogP contribution in [0.25, 0.3) is 0 Å². The standard InChI is InChI=1S/C22H25N3O6/c1-29-16-7-4-14(5-8-16)13-25-21(27)17(24-22(25)28)11-20(26)23-12-15-6-9-18(30-2)19(10-15)31-3/h4-10,17H,11-13H2,1-3H3,(H,23,26)(H,24,28)/t17-/m1/s1. The molecule has 1 aliphatic rings. The molecule has 0 radical (unpaired) electrons. The van der Waals surface area contributed by atoms with Crippen LogP contribution in [0.4, 0.5) is 4.79 Å². The molecule has 0 saturated carbocycles. The van der Waals surface area contributed by atoms with Gasteiger partial charge in [0.2, 0.25) is 5.91 Å². The van der Waals surface area contributed by atoms with E-state index in [2.05, 4.69) is 10.6 Å². The van der Waals surface area contributed by atoms with Gasteiger partial charge < -0.3 is 24.8 Å². The Labute approximate surface area is 180 Å². The van der Waals surface area contributed by atoms with Gasteiger partial charge in [-0.25, -0.2) is 4.79 Å². The Kier molecular flexibility index (Phi) is 6.96. The summed E-state index contributed by atoms with van der Waals surface area (Å²) in [5.41, 5.74) is 1.59. The molecule has 0 aliphatic carbocycles. The minimum absolute atomic E-state index is 0.123. The van der Waals surface area contributed by atoms with E-state index in [0.717, 1.165) is 16.0 Å². The Morgan fingerprint density at radius 2 is 1.65 bits per heavy atom. The van der Waals surface area contributed by atoms with Gasteiger partial charge in [-0.1, -0.05) is 18.2 Å². The van der Waals surface area contributed by atoms with Crippen molar-refractivity contribution in [3.8, 4) is 17.2 Å². The molecule has 1 fully saturated rings. The lowest BCUT2D eigenvalue weighted by atomic mass is 10.1. The number of carbonyl (C=O) groups is 3. The van der Waals surface area contributed by atoms with Crippen LogP contribution in [0.2, 0.25) is 0 Å². The Bertz CT molecular complexity index is 960. The summed E-state index contributed by atoms with van der Waals surface area (Å²) in [4.78, 5) is 38.3. The van der Waals surface area contributed by atoms with Crippen molar-refractivity contribution in [3.05, 3.63) is 53.6 Å². The third-order valence-electron chi connectivity index (χ3n) is 4.93. The second-order valence-corrected chi connectivity index (χ2v) is 6.94. The smallest absolute Gasteiger partial charge is 0.325 e. The second-order valence-electron chi connectivity index (χ2n) is 6.94. The van der Waals surface area contributed by atoms with Gasteiger partial charge in [0, 0.05) is 6.54 Å². The van der Waals surface area contributed by atoms with Crippen LogP contribution in [-0.2, 0) is 22.7 Å². The number of carbonyl (C=O) groups excluding carboxylic acids is 3. The zero-order chi connectivity index (χ0) is 22.4. The number of imide groups is 1. The van der Waals surface area contributed by atoms with E-state index in [4.69, 9.17) is 14.2 Å². The number of benzene rings is 2. The lowest BCUT2D eigenvalue weighted by molar-refractivity contribution is -0.131. The molecule has 3 rings (SSSR count). The summed E-state index contributed by atoms with van der Waals surface area (Å²) in [5.74, 6) is 1.06. The van der Waals surface area contributed by atoms with E-state index in [9.17, 15) is 14.4 Å². The quantitative estimate of drug-likeness (QED) is 0.592. The number of ether oxygens (including phenoxy) is 3. The molecule has 2 aromatic rings. The zero-order valence-electron chi connectivity index (χ0n) is 17.6. The van der Waals surface area contributed by atoms with Crippen molar-refractivity contribution in [2.24, 2.45) is 0 Å². The van der Waals surface area contributed by atoms with Crippen molar-refractivity contribution in [1.82, 2.24) is 15.5 Å². The van der Waals surface area contributed by atoms with Crippen molar-refractivity contribution < 1.29 is 28.6 Å². The molecule has 31 heavy (non-hydrogen) atoms. The predicted molar refractivity (Wildman–Crippen MR) is 112 cm³/mol. The fraction of sp³-hybridized carbons (Fsp3) is 0.318. The molecule has 2 N–H and O–H groups in total. The molecule has 1 heterocycles. The molecule has 0 unspecified atom stereocenters. The average molecular weight is 427 g/mol. The van der Waals surface area contributed by atoms with Gasteiger partial charge in [0.25, 0.3) is 5.91 Å². The van der Waals surface area contributed by atoms with E-state index in [0.29, 0.717) is 17.2 Å². The molecular formula is C22H25N3O6. The highest BCUT2D eigenvalue weighted by molar-refractivity contribution is 6.05. The van der Waals surface area contributed by atoms with Gasteiger partial charge in [0.05, 0.1) is 34.3 Å². The Balaban J connectivity index is 1.54. The molecule has 1 saturated heterocycles. The molecule has 4 amide bonds. The summed E-state index contributed by atoms with van der Waals surface area (Å²) in [5, 5.41) is 5.33. The second kappa shape index (κ2) is 9.84. The van der Waals surface area contributed by atoms with Crippen LogP contribution >= 0.6 is 0 Å². The monoisotopic (exact) mass is 427 g/mol. The van der Waals surface area contributed by atoms with Crippen LogP contribution in [0.15, 0.2) is 42.5 Å². The van der Waals surface area contributed by atoms with Gasteiger partial charge in [0.15, 0.2) is 11.5 Å². The maximum absolute atomic E-state index is 12.6. The van der Waals surface area contributed by atoms with Crippen LogP contribution in [-0.4, -0.2) is 50.1 Å². The highest BCUT2D eigenvalue weighted by Crippen LogP contribution is 2.27. The first kappa shape index (κ1) is 21.9. The first-order valence-electron chi connectivity index (χ1n) is 9.67. The van der Waals surface area contributed by atoms with Crippen molar-refractivity contribution in [2.45, 2.75) is 25.6 Å². The number of nitrogens with zero attached hydrogens (tertiary/aromatic N) is 1. The number of urea groups is 1. The molecule has 0 aromatic heterocycles. The van der Waals surface area contributed by atoms with E-state index in [1.807, 2.05) is 0 Å². The van der Waals surface area contributed by atoms with Crippen LogP contribution in [0.5, 0.6) is 17.2 Å². The number of nitrogens with one attached hydrogen (secondary N) is 2. The Hall–Kier alpha value is -3.75. The normalized spacial score (nSPS) is 15.5. The number of rotatable bonds is 9. The number of amides is 4. The summed E-state index contributed by atoms with van der Waals surface area (Å²) < 4.78 is 15.5. The Morgan fingerprint density at radius 3 is 2.29 bits per heavy atom. The molecular weight excluding hydrogens is 402 g/mol. The van der Waals surface area contributed by atoms with Crippen LogP contribution in [0, 0.1) is 0 Å². The van der Waals surface area contributed by atoms with Gasteiger partial charge in [-0.05, 0) is 35.4 Å². The molecule has 1 atom stereocenters. The maximum atomic E-state index is 12.6. The summed E-state index contributed by atoms with van der Waals surface area (Å²) >= 11 is 0. The molecule has 1 aliphatic heterocycles. The molecule has 2 aromatic carbocycles. The summed E-state index contributed by atoms with van der Waals surface area (Å²) in [6.45, 7) is 0.377. The van der Waals surface area contributed by atoms with Gasteiger partial charge in [-0.3, -0.25) is 14.5 Å². The van der Waals surface area contributed by atoms with E-state index in [1.54, 1.807) is 56.7 Å². The third-order valence-corrected chi connectivity index (χ3v) is 4.93. The summed E-state index contributed by atoms with van der Waals surface area (Å²) in [7, 11) is 4.64. The molecule has 164 valence electrons. The third kappa shape index (κ3) is 5.25. The van der Waals surface area contributed by atoms with E-state index >= 15 is 0 Å². The van der Waals surface area contributed by atoms with Crippen molar-refractivity contribution in [1.29, 1.82) is 0 Å². The first-order chi connectivity index (χ1) is 14.9. The lowest BCUT2D eigenvalue weighted by Crippen LogP contribution is -2.36. The Morgan fingerprint density at radius 1 is 0.968 bits per heavy atom. The largest absolute Gasteiger partial charge is 0.497 e. The van der Waals surface area contributed by atoms with E-state index in [-0.39, 0.29) is 25.4 Å².